The molecule has 2 aromatic heterocycles. The number of para-hydroxylation sites is 1. The Kier molecular flexibility index (Phi) is 9.02. The SMILES string of the molecule is CCOc1cc(C=Nn2c(-c3cc4cc(Br)ccc4o3)nc3ccccc3c2=O)c(Br)cc1OCC(=O)Nc1ccc(Cl)cc1. The van der Waals surface area contributed by atoms with Gasteiger partial charge in [-0.05, 0) is 95.7 Å². The van der Waals surface area contributed by atoms with Gasteiger partial charge in [-0.15, -0.1) is 0 Å². The maximum absolute atomic E-state index is 13.7. The lowest BCUT2D eigenvalue weighted by Gasteiger charge is -2.14. The third-order valence-electron chi connectivity index (χ3n) is 6.61. The molecule has 226 valence electrons. The third kappa shape index (κ3) is 6.80. The lowest BCUT2D eigenvalue weighted by Crippen LogP contribution is -2.20. The third-order valence-corrected chi connectivity index (χ3v) is 8.05. The van der Waals surface area contributed by atoms with Crippen LogP contribution in [-0.4, -0.2) is 35.0 Å². The second-order valence-electron chi connectivity index (χ2n) is 9.70. The normalized spacial score (nSPS) is 11.4. The van der Waals surface area contributed by atoms with Crippen molar-refractivity contribution in [2.24, 2.45) is 5.10 Å². The van der Waals surface area contributed by atoms with E-state index < -0.39 is 0 Å². The van der Waals surface area contributed by atoms with Crippen molar-refractivity contribution in [1.82, 2.24) is 9.66 Å². The Morgan fingerprint density at radius 2 is 1.80 bits per heavy atom. The number of benzene rings is 4. The fraction of sp³-hybridized carbons (Fsp3) is 0.0909. The van der Waals surface area contributed by atoms with Crippen LogP contribution >= 0.6 is 43.5 Å². The van der Waals surface area contributed by atoms with Crippen molar-refractivity contribution in [1.29, 1.82) is 0 Å². The number of nitrogens with zero attached hydrogens (tertiary/aromatic N) is 3. The molecule has 6 aromatic rings. The van der Waals surface area contributed by atoms with Crippen LogP contribution in [0.5, 0.6) is 11.5 Å². The average Bonchev–Trinajstić information content (AvgIpc) is 3.45. The number of amides is 1. The molecule has 2 heterocycles. The molecule has 0 fully saturated rings. The number of carbonyl (C=O) groups is 1. The van der Waals surface area contributed by atoms with E-state index in [4.69, 9.17) is 30.5 Å². The Balaban J connectivity index is 1.33. The molecule has 4 aromatic carbocycles. The maximum atomic E-state index is 13.7. The molecule has 0 saturated carbocycles. The summed E-state index contributed by atoms with van der Waals surface area (Å²) in [6, 6.07) is 24.7. The largest absolute Gasteiger partial charge is 0.490 e. The molecule has 1 amide bonds. The van der Waals surface area contributed by atoms with Gasteiger partial charge in [0.2, 0.25) is 5.82 Å². The minimum Gasteiger partial charge on any atom is -0.490 e. The number of hydrogen-bond acceptors (Lipinski definition) is 7. The van der Waals surface area contributed by atoms with Gasteiger partial charge in [0.05, 0.1) is 23.7 Å². The standard InChI is InChI=1S/C33H23Br2ClN4O5/c1-2-43-28-15-20(25(35)16-29(28)44-18-31(41)38-23-10-8-22(36)9-11-23)17-37-40-32(39-26-6-4-3-5-24(26)33(40)42)30-14-19-13-21(34)7-12-27(19)45-30/h3-17H,2,18H2,1H3,(H,38,41). The van der Waals surface area contributed by atoms with Crippen molar-refractivity contribution in [3.05, 3.63) is 115 Å². The second kappa shape index (κ2) is 13.3. The molecule has 0 atom stereocenters. The van der Waals surface area contributed by atoms with E-state index >= 15 is 0 Å². The number of ether oxygens (including phenoxy) is 2. The highest BCUT2D eigenvalue weighted by Crippen LogP contribution is 2.34. The van der Waals surface area contributed by atoms with Gasteiger partial charge in [0.25, 0.3) is 11.5 Å². The summed E-state index contributed by atoms with van der Waals surface area (Å²) in [4.78, 5) is 30.9. The molecule has 0 bridgehead atoms. The first kappa shape index (κ1) is 30.6. The Bertz CT molecular complexity index is 2140. The van der Waals surface area contributed by atoms with Crippen molar-refractivity contribution in [2.45, 2.75) is 6.92 Å². The van der Waals surface area contributed by atoms with Gasteiger partial charge in [0, 0.05) is 30.6 Å². The highest BCUT2D eigenvalue weighted by atomic mass is 79.9. The van der Waals surface area contributed by atoms with Crippen LogP contribution in [-0.2, 0) is 4.79 Å². The van der Waals surface area contributed by atoms with E-state index in [1.165, 1.54) is 10.9 Å². The number of carbonyl (C=O) groups excluding carboxylic acids is 1. The van der Waals surface area contributed by atoms with Crippen molar-refractivity contribution in [2.75, 3.05) is 18.5 Å². The van der Waals surface area contributed by atoms with Crippen LogP contribution in [0.3, 0.4) is 0 Å². The molecule has 0 aliphatic carbocycles. The zero-order valence-corrected chi connectivity index (χ0v) is 27.5. The van der Waals surface area contributed by atoms with Crippen molar-refractivity contribution in [3.63, 3.8) is 0 Å². The molecule has 0 aliphatic rings. The predicted molar refractivity (Wildman–Crippen MR) is 183 cm³/mol. The number of fused-ring (bicyclic) bond motifs is 2. The zero-order chi connectivity index (χ0) is 31.5. The number of anilines is 1. The Hall–Kier alpha value is -4.45. The topological polar surface area (TPSA) is 108 Å². The fourth-order valence-corrected chi connectivity index (χ4v) is 5.47. The number of rotatable bonds is 9. The number of hydrogen-bond donors (Lipinski definition) is 1. The summed E-state index contributed by atoms with van der Waals surface area (Å²) in [6.07, 6.45) is 1.52. The average molecular weight is 751 g/mol. The van der Waals surface area contributed by atoms with Crippen molar-refractivity contribution < 1.29 is 18.7 Å². The molecule has 0 saturated heterocycles. The first-order valence-electron chi connectivity index (χ1n) is 13.7. The summed E-state index contributed by atoms with van der Waals surface area (Å²) in [5, 5.41) is 9.14. The van der Waals surface area contributed by atoms with Crippen LogP contribution in [0.15, 0.2) is 108 Å². The number of furan rings is 1. The first-order chi connectivity index (χ1) is 21.8. The van der Waals surface area contributed by atoms with Crippen molar-refractivity contribution in [3.8, 4) is 23.1 Å². The van der Waals surface area contributed by atoms with Crippen molar-refractivity contribution >= 4 is 83.1 Å². The molecule has 12 heteroatoms. The molecule has 45 heavy (non-hydrogen) atoms. The summed E-state index contributed by atoms with van der Waals surface area (Å²) in [6.45, 7) is 1.94. The number of halogens is 3. The molecule has 6 rings (SSSR count). The van der Waals surface area contributed by atoms with Gasteiger partial charge in [0.1, 0.15) is 5.58 Å². The smallest absolute Gasteiger partial charge is 0.282 e. The van der Waals surface area contributed by atoms with E-state index in [0.717, 1.165) is 9.86 Å². The van der Waals surface area contributed by atoms with Crippen LogP contribution in [0.4, 0.5) is 5.69 Å². The minimum absolute atomic E-state index is 0.245. The Labute approximate surface area is 278 Å². The number of nitrogens with one attached hydrogen (secondary N) is 1. The quantitative estimate of drug-likeness (QED) is 0.149. The van der Waals surface area contributed by atoms with Crippen LogP contribution in [0.25, 0.3) is 33.5 Å². The first-order valence-corrected chi connectivity index (χ1v) is 15.7. The van der Waals surface area contributed by atoms with Gasteiger partial charge in [-0.3, -0.25) is 9.59 Å². The molecule has 0 unspecified atom stereocenters. The van der Waals surface area contributed by atoms with E-state index in [1.54, 1.807) is 54.6 Å². The van der Waals surface area contributed by atoms with E-state index in [9.17, 15) is 9.59 Å². The molecule has 0 radical (unpaired) electrons. The van der Waals surface area contributed by atoms with Gasteiger partial charge in [-0.2, -0.15) is 9.78 Å². The molecule has 0 aliphatic heterocycles. The van der Waals surface area contributed by atoms with Crippen LogP contribution < -0.4 is 20.3 Å². The van der Waals surface area contributed by atoms with E-state index in [-0.39, 0.29) is 23.9 Å². The van der Waals surface area contributed by atoms with Gasteiger partial charge in [0.15, 0.2) is 23.9 Å². The molecule has 0 spiro atoms. The van der Waals surface area contributed by atoms with Gasteiger partial charge < -0.3 is 19.2 Å². The van der Waals surface area contributed by atoms with E-state index in [0.29, 0.717) is 61.1 Å². The Morgan fingerprint density at radius 1 is 1.02 bits per heavy atom. The van der Waals surface area contributed by atoms with Crippen LogP contribution in [0.2, 0.25) is 5.02 Å². The molecule has 1 N–H and O–H groups in total. The lowest BCUT2D eigenvalue weighted by atomic mass is 10.2. The summed E-state index contributed by atoms with van der Waals surface area (Å²) < 4.78 is 20.4. The van der Waals surface area contributed by atoms with E-state index in [2.05, 4.69) is 42.3 Å². The summed E-state index contributed by atoms with van der Waals surface area (Å²) in [7, 11) is 0. The number of aromatic nitrogens is 2. The van der Waals surface area contributed by atoms with Crippen LogP contribution in [0, 0.1) is 0 Å². The van der Waals surface area contributed by atoms with Gasteiger partial charge in [-0.25, -0.2) is 4.98 Å². The highest BCUT2D eigenvalue weighted by molar-refractivity contribution is 9.10. The second-order valence-corrected chi connectivity index (χ2v) is 11.9. The molecule has 9 nitrogen and oxygen atoms in total. The fourth-order valence-electron chi connectivity index (χ4n) is 4.54. The van der Waals surface area contributed by atoms with Gasteiger partial charge in [-0.1, -0.05) is 39.7 Å². The highest BCUT2D eigenvalue weighted by Gasteiger charge is 2.18. The summed E-state index contributed by atoms with van der Waals surface area (Å²) in [5.41, 5.74) is 2.00. The minimum atomic E-state index is -0.360. The summed E-state index contributed by atoms with van der Waals surface area (Å²) in [5.74, 6) is 1.03. The van der Waals surface area contributed by atoms with Gasteiger partial charge >= 0.3 is 0 Å². The Morgan fingerprint density at radius 3 is 2.60 bits per heavy atom. The maximum Gasteiger partial charge on any atom is 0.282 e. The molecular weight excluding hydrogens is 728 g/mol. The predicted octanol–water partition coefficient (Wildman–Crippen LogP) is 8.29. The monoisotopic (exact) mass is 748 g/mol. The lowest BCUT2D eigenvalue weighted by molar-refractivity contribution is -0.118. The zero-order valence-electron chi connectivity index (χ0n) is 23.6. The summed E-state index contributed by atoms with van der Waals surface area (Å²) >= 11 is 13.0. The van der Waals surface area contributed by atoms with E-state index in [1.807, 2.05) is 37.3 Å². The molecular formula is C33H23Br2ClN4O5. The van der Waals surface area contributed by atoms with Crippen LogP contribution in [0.1, 0.15) is 12.5 Å².